The largest absolute Gasteiger partial charge is 0.480 e. The maximum atomic E-state index is 11.6. The van der Waals surface area contributed by atoms with Gasteiger partial charge < -0.3 is 16.2 Å². The van der Waals surface area contributed by atoms with E-state index < -0.39 is 30.2 Å². The van der Waals surface area contributed by atoms with Crippen molar-refractivity contribution in [2.45, 2.75) is 17.4 Å². The Kier molecular flexibility index (Phi) is 6.33. The highest BCUT2D eigenvalue weighted by Crippen LogP contribution is 2.26. The van der Waals surface area contributed by atoms with Crippen LogP contribution in [0.5, 0.6) is 0 Å². The van der Waals surface area contributed by atoms with E-state index in [-0.39, 0.29) is 5.75 Å². The van der Waals surface area contributed by atoms with Gasteiger partial charge in [0.05, 0.1) is 17.2 Å². The number of amides is 2. The van der Waals surface area contributed by atoms with Gasteiger partial charge in [-0.2, -0.15) is 0 Å². The monoisotopic (exact) mass is 316 g/mol. The van der Waals surface area contributed by atoms with Gasteiger partial charge in [-0.05, 0) is 12.1 Å². The Morgan fingerprint density at radius 1 is 1.35 bits per heavy atom. The number of halogens is 1. The van der Waals surface area contributed by atoms with E-state index in [0.717, 1.165) is 0 Å². The lowest BCUT2D eigenvalue weighted by Gasteiger charge is -2.12. The van der Waals surface area contributed by atoms with Gasteiger partial charge in [0.2, 0.25) is 11.8 Å². The van der Waals surface area contributed by atoms with Gasteiger partial charge in [-0.3, -0.25) is 9.59 Å². The van der Waals surface area contributed by atoms with Crippen molar-refractivity contribution in [3.63, 3.8) is 0 Å². The van der Waals surface area contributed by atoms with E-state index >= 15 is 0 Å². The van der Waals surface area contributed by atoms with E-state index in [0.29, 0.717) is 9.92 Å². The quantitative estimate of drug-likeness (QED) is 0.647. The van der Waals surface area contributed by atoms with E-state index in [4.69, 9.17) is 22.4 Å². The highest BCUT2D eigenvalue weighted by molar-refractivity contribution is 8.00. The Morgan fingerprint density at radius 3 is 2.55 bits per heavy atom. The van der Waals surface area contributed by atoms with E-state index in [1.54, 1.807) is 24.3 Å². The van der Waals surface area contributed by atoms with Gasteiger partial charge in [-0.15, -0.1) is 11.8 Å². The van der Waals surface area contributed by atoms with Crippen LogP contribution in [0.2, 0.25) is 5.02 Å². The maximum Gasteiger partial charge on any atom is 0.326 e. The summed E-state index contributed by atoms with van der Waals surface area (Å²) in [5, 5.41) is 11.6. The molecular formula is C12H13ClN2O4S. The van der Waals surface area contributed by atoms with Crippen LogP contribution in [0.4, 0.5) is 0 Å². The van der Waals surface area contributed by atoms with E-state index in [2.05, 4.69) is 5.32 Å². The highest BCUT2D eigenvalue weighted by atomic mass is 35.5. The lowest BCUT2D eigenvalue weighted by Crippen LogP contribution is -2.44. The Balaban J connectivity index is 2.52. The molecule has 20 heavy (non-hydrogen) atoms. The number of thioether (sulfide) groups is 1. The summed E-state index contributed by atoms with van der Waals surface area (Å²) in [5.41, 5.74) is 4.92. The van der Waals surface area contributed by atoms with Crippen molar-refractivity contribution in [3.05, 3.63) is 29.3 Å². The summed E-state index contributed by atoms with van der Waals surface area (Å²) in [5.74, 6) is -2.62. The number of carbonyl (C=O) groups excluding carboxylic acids is 2. The molecule has 0 bridgehead atoms. The molecule has 0 saturated carbocycles. The molecule has 108 valence electrons. The van der Waals surface area contributed by atoms with Gasteiger partial charge in [0.25, 0.3) is 0 Å². The predicted octanol–water partition coefficient (Wildman–Crippen LogP) is 0.877. The molecule has 0 aliphatic rings. The average molecular weight is 317 g/mol. The minimum Gasteiger partial charge on any atom is -0.480 e. The number of carboxylic acids is 1. The van der Waals surface area contributed by atoms with Crippen molar-refractivity contribution in [2.75, 3.05) is 5.75 Å². The van der Waals surface area contributed by atoms with Gasteiger partial charge in [-0.25, -0.2) is 4.79 Å². The minimum absolute atomic E-state index is 0.00766. The molecule has 0 spiro atoms. The normalized spacial score (nSPS) is 11.7. The van der Waals surface area contributed by atoms with Gasteiger partial charge in [0.1, 0.15) is 6.04 Å². The molecule has 0 saturated heterocycles. The zero-order chi connectivity index (χ0) is 15.1. The third-order valence-electron chi connectivity index (χ3n) is 2.23. The van der Waals surface area contributed by atoms with Crippen LogP contribution in [0, 0.1) is 0 Å². The summed E-state index contributed by atoms with van der Waals surface area (Å²) in [7, 11) is 0. The van der Waals surface area contributed by atoms with Crippen LogP contribution in [0.25, 0.3) is 0 Å². The van der Waals surface area contributed by atoms with Crippen molar-refractivity contribution in [3.8, 4) is 0 Å². The number of nitrogens with one attached hydrogen (secondary N) is 1. The standard InChI is InChI=1S/C12H13ClN2O4S/c13-7-3-1-2-4-9(7)20-6-11(17)15-8(12(18)19)5-10(14)16/h1-4,8H,5-6H2,(H2,14,16)(H,15,17)(H,18,19)/t8-/m1/s1. The molecule has 0 fully saturated rings. The molecule has 8 heteroatoms. The van der Waals surface area contributed by atoms with E-state index in [1.807, 2.05) is 0 Å². The van der Waals surface area contributed by atoms with Crippen LogP contribution in [0.15, 0.2) is 29.2 Å². The number of carbonyl (C=O) groups is 3. The lowest BCUT2D eigenvalue weighted by atomic mass is 10.2. The summed E-state index contributed by atoms with van der Waals surface area (Å²) in [6.07, 6.45) is -0.447. The predicted molar refractivity (Wildman–Crippen MR) is 75.6 cm³/mol. The fourth-order valence-electron chi connectivity index (χ4n) is 1.34. The van der Waals surface area contributed by atoms with Crippen LogP contribution in [-0.4, -0.2) is 34.7 Å². The molecule has 4 N–H and O–H groups in total. The summed E-state index contributed by atoms with van der Waals surface area (Å²) in [6, 6.07) is 5.67. The van der Waals surface area contributed by atoms with Gasteiger partial charge in [0.15, 0.2) is 0 Å². The zero-order valence-corrected chi connectivity index (χ0v) is 11.9. The zero-order valence-electron chi connectivity index (χ0n) is 10.3. The number of rotatable bonds is 7. The van der Waals surface area contributed by atoms with Gasteiger partial charge >= 0.3 is 5.97 Å². The number of benzene rings is 1. The van der Waals surface area contributed by atoms with Crippen LogP contribution < -0.4 is 11.1 Å². The van der Waals surface area contributed by atoms with E-state index in [9.17, 15) is 14.4 Å². The summed E-state index contributed by atoms with van der Waals surface area (Å²) in [6.45, 7) is 0. The Hall–Kier alpha value is -1.73. The smallest absolute Gasteiger partial charge is 0.326 e. The number of nitrogens with two attached hydrogens (primary N) is 1. The Labute approximate surface area is 124 Å². The molecule has 0 aliphatic heterocycles. The molecule has 1 aromatic rings. The molecule has 1 atom stereocenters. The molecule has 0 aromatic heterocycles. The lowest BCUT2D eigenvalue weighted by molar-refractivity contribution is -0.143. The summed E-state index contributed by atoms with van der Waals surface area (Å²) >= 11 is 7.10. The second-order valence-corrected chi connectivity index (χ2v) is 5.27. The Bertz CT molecular complexity index is 524. The number of primary amides is 1. The molecule has 2 amide bonds. The maximum absolute atomic E-state index is 11.6. The molecule has 0 heterocycles. The average Bonchev–Trinajstić information content (AvgIpc) is 2.36. The third kappa shape index (κ3) is 5.50. The molecule has 1 aromatic carbocycles. The van der Waals surface area contributed by atoms with Crippen LogP contribution in [-0.2, 0) is 14.4 Å². The van der Waals surface area contributed by atoms with E-state index in [1.165, 1.54) is 11.8 Å². The first-order valence-electron chi connectivity index (χ1n) is 5.58. The second kappa shape index (κ2) is 7.76. The van der Waals surface area contributed by atoms with Crippen molar-refractivity contribution in [1.29, 1.82) is 0 Å². The first-order chi connectivity index (χ1) is 9.40. The first kappa shape index (κ1) is 16.3. The molecule has 1 rings (SSSR count). The first-order valence-corrected chi connectivity index (χ1v) is 6.94. The SMILES string of the molecule is NC(=O)C[C@@H](NC(=O)CSc1ccccc1Cl)C(=O)O. The van der Waals surface area contributed by atoms with Crippen molar-refractivity contribution in [2.24, 2.45) is 5.73 Å². The van der Waals surface area contributed by atoms with Crippen LogP contribution in [0.1, 0.15) is 6.42 Å². The van der Waals surface area contributed by atoms with Crippen molar-refractivity contribution in [1.82, 2.24) is 5.32 Å². The number of hydrogen-bond acceptors (Lipinski definition) is 4. The fraction of sp³-hybridized carbons (Fsp3) is 0.250. The van der Waals surface area contributed by atoms with Crippen molar-refractivity contribution < 1.29 is 19.5 Å². The molecule has 0 unspecified atom stereocenters. The van der Waals surface area contributed by atoms with Crippen molar-refractivity contribution >= 4 is 41.1 Å². The van der Waals surface area contributed by atoms with Crippen LogP contribution in [0.3, 0.4) is 0 Å². The van der Waals surface area contributed by atoms with Gasteiger partial charge in [0, 0.05) is 4.90 Å². The second-order valence-electron chi connectivity index (χ2n) is 3.85. The molecule has 6 nitrogen and oxygen atoms in total. The fourth-order valence-corrected chi connectivity index (χ4v) is 2.39. The summed E-state index contributed by atoms with van der Waals surface area (Å²) < 4.78 is 0. The number of hydrogen-bond donors (Lipinski definition) is 3. The minimum atomic E-state index is -1.31. The van der Waals surface area contributed by atoms with Crippen LogP contribution >= 0.6 is 23.4 Å². The molecule has 0 aliphatic carbocycles. The topological polar surface area (TPSA) is 109 Å². The number of aliphatic carboxylic acids is 1. The Morgan fingerprint density at radius 2 is 2.00 bits per heavy atom. The highest BCUT2D eigenvalue weighted by Gasteiger charge is 2.22. The summed E-state index contributed by atoms with van der Waals surface area (Å²) in [4.78, 5) is 33.9. The molecular weight excluding hydrogens is 304 g/mol. The van der Waals surface area contributed by atoms with Gasteiger partial charge in [-0.1, -0.05) is 23.7 Å². The number of carboxylic acid groups (broad SMARTS) is 1. The third-order valence-corrected chi connectivity index (χ3v) is 3.75. The molecule has 0 radical (unpaired) electrons.